The molecule has 0 unspecified atom stereocenters. The van der Waals surface area contributed by atoms with Crippen LogP contribution in [0.4, 0.5) is 0 Å². The first kappa shape index (κ1) is 1880. The first-order chi connectivity index (χ1) is 2.00. The minimum atomic E-state index is 0. The highest BCUT2D eigenvalue weighted by Crippen LogP contribution is 0.684. The molecule has 0 radical (unpaired) electrons. The van der Waals surface area contributed by atoms with Gasteiger partial charge in [0, 0.05) is 5.94 Å². The van der Waals surface area contributed by atoms with Gasteiger partial charge in [0.15, 0.2) is 0 Å². The second kappa shape index (κ2) is 2440. The molecule has 0 aromatic heterocycles. The van der Waals surface area contributed by atoms with E-state index in [4.69, 9.17) is 5.94 Å². The summed E-state index contributed by atoms with van der Waals surface area (Å²) < 4.78 is 20.0. The van der Waals surface area contributed by atoms with E-state index >= 15 is 0 Å². The third-order valence-electron chi connectivity index (χ3n) is 0. The van der Waals surface area contributed by atoms with Crippen molar-refractivity contribution in [2.24, 2.45) is 0 Å². The predicted octanol–water partition coefficient (Wildman–Crippen LogP) is 21.0. The summed E-state index contributed by atoms with van der Waals surface area (Å²) in [5.41, 5.74) is 0. The van der Waals surface area contributed by atoms with E-state index in [1.807, 2.05) is 0 Å². The molecule has 0 amide bonds. The van der Waals surface area contributed by atoms with Gasteiger partial charge >= 0.3 is 0 Å². The molecule has 61 heavy (non-hydrogen) atoms. The summed E-state index contributed by atoms with van der Waals surface area (Å²) in [5.74, 6) is 0. The highest BCUT2D eigenvalue weighted by Gasteiger charge is -0.0449. The van der Waals surface area contributed by atoms with Crippen LogP contribution in [0.1, 0.15) is 199 Å². The Balaban J connectivity index is -0.0000000000104. The number of hydrogen-bond donors (Lipinski definition) is 0. The molecule has 0 saturated heterocycles. The third-order valence-corrected chi connectivity index (χ3v) is 0. The van der Waals surface area contributed by atoms with Gasteiger partial charge < -0.3 is 0 Å². The minimum Gasteiger partial charge on any atom is -0.197 e. The van der Waals surface area contributed by atoms with Crippen LogP contribution in [0, 0.1) is 0 Å². The van der Waals surface area contributed by atoms with Crippen molar-refractivity contribution < 1.29 is 5.94 Å². The molecular weight excluding hydrogens is 1430 g/mol. The molecule has 0 spiro atoms. The minimum absolute atomic E-state index is 0. The molecule has 0 rings (SSSR count). The molecule has 0 bridgehead atoms. The van der Waals surface area contributed by atoms with Crippen LogP contribution < -0.4 is 0 Å². The largest absolute Gasteiger partial charge is 0.197 e. The highest BCUT2D eigenvalue weighted by molar-refractivity contribution is 7.63. The van der Waals surface area contributed by atoms with Crippen LogP contribution in [-0.4, -0.2) is 0 Å². The maximum absolute atomic E-state index is 5.00. The Hall–Kier alpha value is 12.2. The van der Waals surface area contributed by atoms with E-state index in [2.05, 4.69) is 0 Å². The first-order valence-electron chi connectivity index (χ1n) is 2.00. The van der Waals surface area contributed by atoms with Gasteiger partial charge in [-0.25, -0.2) is 0 Å². The van der Waals surface area contributed by atoms with Gasteiger partial charge in [0.25, 0.3) is 0 Å². The predicted molar refractivity (Wildman–Crippen MR) is 543 cm³/mol. The molecule has 0 aliphatic carbocycles. The Kier molecular flexibility index (Phi) is 75400. The quantitative estimate of drug-likeness (QED) is 0.227. The summed E-state index contributed by atoms with van der Waals surface area (Å²) in [6.45, 7) is 0. The summed E-state index contributed by atoms with van der Waals surface area (Å²) in [5, 5.41) is 0. The molecule has 0 atom stereocenters. The molecular formula is C26H178S35. The molecule has 0 aliphatic heterocycles. The van der Waals surface area contributed by atoms with Gasteiger partial charge in [-0.1, -0.05) is 193 Å². The molecule has 0 fully saturated rings. The normalized spacial score (nSPS) is 0.262. The fourth-order valence-electron chi connectivity index (χ4n) is 0. The lowest BCUT2D eigenvalue weighted by Gasteiger charge is -0.198. The fraction of sp³-hybridized carbons (Fsp3) is 1.00. The monoisotopic (exact) mass is 1620 g/mol. The lowest BCUT2D eigenvalue weighted by Crippen LogP contribution is 0.143. The zero-order valence-corrected chi connectivity index (χ0v) is 52.5. The lowest BCUT2D eigenvalue weighted by atomic mass is 12.0. The highest BCUT2D eigenvalue weighted by atomic mass is 32.1. The number of rotatable bonds is 0. The SMILES string of the molecule is C.C.C.C.C.C.C.C.C.C.C.C.C.C.C.C.C.C.C.C.C.C.C.C.C.C.S.S.S.S.S.S.S.S.S.S.S.S.S.S.S.S.S.S.S.S.S.S.S.S.S.S.S.S.S.S.S.S.S.S.S.[2H][2H].[2H][3H]. The van der Waals surface area contributed by atoms with Crippen molar-refractivity contribution in [3.8, 4) is 0 Å². The van der Waals surface area contributed by atoms with Crippen molar-refractivity contribution in [1.82, 2.24) is 0 Å². The van der Waals surface area contributed by atoms with Gasteiger partial charge in [-0.3, -0.25) is 0 Å². The van der Waals surface area contributed by atoms with Gasteiger partial charge in [-0.05, 0) is 0 Å². The Bertz CT molecular complexity index is 81.7. The molecule has 0 heterocycles. The Morgan fingerprint density at radius 2 is 0.0984 bits per heavy atom. The van der Waals surface area contributed by atoms with Crippen LogP contribution in [0.15, 0.2) is 0 Å². The molecule has 492 valence electrons. The zero-order chi connectivity index (χ0) is 4.00. The second-order valence-corrected chi connectivity index (χ2v) is 0. The van der Waals surface area contributed by atoms with E-state index in [0.29, 0.717) is 0 Å². The van der Waals surface area contributed by atoms with Gasteiger partial charge in [0.05, 0.1) is 0 Å². The van der Waals surface area contributed by atoms with E-state index in [0.717, 1.165) is 0 Å². The van der Waals surface area contributed by atoms with Gasteiger partial charge in [0.2, 0.25) is 0 Å². The second-order valence-electron chi connectivity index (χ2n) is 0. The van der Waals surface area contributed by atoms with E-state index in [1.54, 1.807) is 0 Å². The van der Waals surface area contributed by atoms with Crippen LogP contribution in [0.25, 0.3) is 0 Å². The van der Waals surface area contributed by atoms with E-state index in [-0.39, 0.29) is 665 Å². The summed E-state index contributed by atoms with van der Waals surface area (Å²) >= 11 is 0. The molecule has 0 aromatic carbocycles. The average Bonchev–Trinajstić information content (AvgIpc) is 1.50. The van der Waals surface area contributed by atoms with Crippen LogP contribution in [-0.2, 0) is 0 Å². The number of hydrogen-bond acceptors (Lipinski definition) is 0. The smallest absolute Gasteiger partial charge is 0 e. The molecule has 35 heteroatoms. The Labute approximate surface area is 661 Å². The third kappa shape index (κ3) is 2380. The van der Waals surface area contributed by atoms with E-state index in [9.17, 15) is 0 Å². The van der Waals surface area contributed by atoms with Crippen molar-refractivity contribution in [1.29, 1.82) is 0 Å². The maximum Gasteiger partial charge on any atom is 0 e. The van der Waals surface area contributed by atoms with Crippen molar-refractivity contribution in [3.05, 3.63) is 0 Å². The van der Waals surface area contributed by atoms with Gasteiger partial charge in [-0.2, -0.15) is 472 Å². The van der Waals surface area contributed by atoms with Crippen LogP contribution >= 0.6 is 472 Å². The van der Waals surface area contributed by atoms with Crippen LogP contribution in [0.3, 0.4) is 0 Å². The topological polar surface area (TPSA) is 0 Å². The fourth-order valence-corrected chi connectivity index (χ4v) is 0. The summed E-state index contributed by atoms with van der Waals surface area (Å²) in [6.07, 6.45) is 0. The maximum atomic E-state index is 5.00. The van der Waals surface area contributed by atoms with E-state index in [1.165, 1.54) is 0 Å². The van der Waals surface area contributed by atoms with Gasteiger partial charge in [0.1, 0.15) is 0 Å². The lowest BCUT2D eigenvalue weighted by molar-refractivity contribution is 2.50. The van der Waals surface area contributed by atoms with Crippen LogP contribution in [0.5, 0.6) is 0 Å². The molecule has 0 aromatic rings. The molecule has 0 saturated carbocycles. The molecule has 0 nitrogen and oxygen atoms in total. The molecule has 0 aliphatic rings. The standard InChI is InChI=1S/26CH4.35H2S.2H2/h26*1H4;35*1H2;2*1H/i;;;;;;;;;;;;;;;;;;;;;;;;;;;;;;;;;;;;;;;;;;;;;;;;;;;;;;;;;;;;;1+2D;1+1D. The van der Waals surface area contributed by atoms with Crippen molar-refractivity contribution in [2.45, 2.75) is 193 Å². The van der Waals surface area contributed by atoms with Gasteiger partial charge in [-0.15, -0.1) is 0 Å². The average molecular weight is 1620 g/mol. The Morgan fingerprint density at radius 3 is 0.0984 bits per heavy atom. The summed E-state index contributed by atoms with van der Waals surface area (Å²) in [4.78, 5) is 0. The Morgan fingerprint density at radius 1 is 0.0984 bits per heavy atom. The first-order valence-corrected chi connectivity index (χ1v) is 0. The van der Waals surface area contributed by atoms with E-state index < -0.39 is 0 Å². The molecule has 0 N–H and O–H groups in total. The van der Waals surface area contributed by atoms with Crippen molar-refractivity contribution in [2.75, 3.05) is 0 Å². The van der Waals surface area contributed by atoms with Crippen molar-refractivity contribution >= 4 is 472 Å². The summed E-state index contributed by atoms with van der Waals surface area (Å²) in [7, 11) is 0. The van der Waals surface area contributed by atoms with Crippen molar-refractivity contribution in [3.63, 3.8) is 0 Å². The summed E-state index contributed by atoms with van der Waals surface area (Å²) in [6, 6.07) is 0. The zero-order valence-electron chi connectivity index (χ0n) is 21.5. The van der Waals surface area contributed by atoms with Crippen LogP contribution in [0.2, 0.25) is 0 Å².